The Morgan fingerprint density at radius 3 is 2.36 bits per heavy atom. The van der Waals surface area contributed by atoms with Gasteiger partial charge in [-0.25, -0.2) is 14.2 Å². The summed E-state index contributed by atoms with van der Waals surface area (Å²) in [5.74, 6) is -1.13. The zero-order valence-electron chi connectivity index (χ0n) is 19.1. The second-order valence-corrected chi connectivity index (χ2v) is 8.50. The molecule has 2 amide bonds. The Kier molecular flexibility index (Phi) is 7.43. The van der Waals surface area contributed by atoms with Crippen molar-refractivity contribution in [2.75, 3.05) is 0 Å². The van der Waals surface area contributed by atoms with E-state index in [1.165, 1.54) is 12.1 Å². The van der Waals surface area contributed by atoms with Gasteiger partial charge in [-0.05, 0) is 67.1 Å². The van der Waals surface area contributed by atoms with Crippen LogP contribution in [0.4, 0.5) is 9.18 Å². The van der Waals surface area contributed by atoms with Crippen LogP contribution >= 0.6 is 0 Å². The number of hydrogen-bond acceptors (Lipinski definition) is 6. The van der Waals surface area contributed by atoms with Crippen LogP contribution in [0, 0.1) is 5.82 Å². The maximum absolute atomic E-state index is 14.0. The smallest absolute Gasteiger partial charge is 0.404 e. The van der Waals surface area contributed by atoms with Gasteiger partial charge >= 0.3 is 6.09 Å². The second kappa shape index (κ2) is 10.9. The number of aromatic hydroxyl groups is 1. The van der Waals surface area contributed by atoms with Crippen molar-refractivity contribution in [2.45, 2.75) is 37.8 Å². The van der Waals surface area contributed by atoms with Crippen molar-refractivity contribution in [3.63, 3.8) is 0 Å². The molecule has 0 saturated heterocycles. The molecule has 3 aromatic rings. The van der Waals surface area contributed by atoms with E-state index in [1.807, 2.05) is 0 Å². The summed E-state index contributed by atoms with van der Waals surface area (Å²) in [6.45, 7) is 0. The summed E-state index contributed by atoms with van der Waals surface area (Å²) in [5.41, 5.74) is 1.42. The van der Waals surface area contributed by atoms with E-state index in [0.29, 0.717) is 48.8 Å². The first-order chi connectivity index (χ1) is 17.3. The number of carboxylic acid groups (broad SMARTS) is 1. The van der Waals surface area contributed by atoms with Gasteiger partial charge in [0.05, 0.1) is 11.8 Å². The highest BCUT2D eigenvalue weighted by Gasteiger charge is 2.25. The first-order valence-corrected chi connectivity index (χ1v) is 11.3. The molecule has 4 rings (SSSR count). The molecule has 0 atom stereocenters. The summed E-state index contributed by atoms with van der Waals surface area (Å²) in [7, 11) is 0. The molecule has 1 aromatic heterocycles. The van der Waals surface area contributed by atoms with Gasteiger partial charge in [0.1, 0.15) is 22.9 Å². The zero-order chi connectivity index (χ0) is 25.7. The topological polar surface area (TPSA) is 138 Å². The van der Waals surface area contributed by atoms with Crippen LogP contribution in [0.5, 0.6) is 17.4 Å². The lowest BCUT2D eigenvalue weighted by Crippen LogP contribution is -2.43. The molecule has 1 saturated carbocycles. The number of phenols is 1. The van der Waals surface area contributed by atoms with Crippen molar-refractivity contribution >= 4 is 18.3 Å². The number of hydrogen-bond donors (Lipinski definition) is 4. The number of aromatic nitrogens is 1. The maximum atomic E-state index is 14.0. The molecule has 9 nitrogen and oxygen atoms in total. The molecule has 10 heteroatoms. The molecule has 0 bridgehead atoms. The molecule has 1 fully saturated rings. The van der Waals surface area contributed by atoms with Gasteiger partial charge in [0, 0.05) is 12.1 Å². The number of rotatable bonds is 7. The van der Waals surface area contributed by atoms with Gasteiger partial charge in [-0.2, -0.15) is 0 Å². The predicted molar refractivity (Wildman–Crippen MR) is 128 cm³/mol. The number of nitrogens with zero attached hydrogens (tertiary/aromatic N) is 1. The van der Waals surface area contributed by atoms with Gasteiger partial charge < -0.3 is 25.6 Å². The SMILES string of the molecule is O=Cc1ccc(-c2cccc(Oc3ncc(F)cc3C(=O)N[C@H]3CC[C@H](NC(=O)O)CC3)c2)cc1O. The van der Waals surface area contributed by atoms with Gasteiger partial charge in [-0.15, -0.1) is 0 Å². The minimum absolute atomic E-state index is 0.0702. The maximum Gasteiger partial charge on any atom is 0.404 e. The number of pyridine rings is 1. The highest BCUT2D eigenvalue weighted by Crippen LogP contribution is 2.31. The zero-order valence-corrected chi connectivity index (χ0v) is 19.1. The number of carbonyl (C=O) groups excluding carboxylic acids is 2. The number of aldehydes is 1. The fourth-order valence-electron chi connectivity index (χ4n) is 4.16. The lowest BCUT2D eigenvalue weighted by atomic mass is 9.91. The van der Waals surface area contributed by atoms with E-state index in [-0.39, 0.29) is 34.8 Å². The van der Waals surface area contributed by atoms with Gasteiger partial charge in [0.2, 0.25) is 5.88 Å². The van der Waals surface area contributed by atoms with Crippen molar-refractivity contribution in [1.29, 1.82) is 0 Å². The van der Waals surface area contributed by atoms with Crippen LogP contribution in [-0.2, 0) is 0 Å². The quantitative estimate of drug-likeness (QED) is 0.355. The number of benzene rings is 2. The average Bonchev–Trinajstić information content (AvgIpc) is 2.86. The molecule has 0 unspecified atom stereocenters. The average molecular weight is 493 g/mol. The Bertz CT molecular complexity index is 1290. The molecule has 2 aromatic carbocycles. The highest BCUT2D eigenvalue weighted by molar-refractivity contribution is 5.96. The lowest BCUT2D eigenvalue weighted by Gasteiger charge is -2.29. The Morgan fingerprint density at radius 1 is 1.00 bits per heavy atom. The van der Waals surface area contributed by atoms with Crippen LogP contribution in [0.15, 0.2) is 54.7 Å². The fourth-order valence-corrected chi connectivity index (χ4v) is 4.16. The van der Waals surface area contributed by atoms with Crippen molar-refractivity contribution in [2.24, 2.45) is 0 Å². The third-order valence-corrected chi connectivity index (χ3v) is 5.99. The molecule has 0 aliphatic heterocycles. The van der Waals surface area contributed by atoms with Crippen LogP contribution in [-0.4, -0.2) is 45.6 Å². The van der Waals surface area contributed by atoms with E-state index < -0.39 is 17.8 Å². The number of amides is 2. The summed E-state index contributed by atoms with van der Waals surface area (Å²) in [4.78, 5) is 38.7. The van der Waals surface area contributed by atoms with Crippen LogP contribution in [0.25, 0.3) is 11.1 Å². The summed E-state index contributed by atoms with van der Waals surface area (Å²) in [5, 5.41) is 24.2. The van der Waals surface area contributed by atoms with Crippen LogP contribution in [0.2, 0.25) is 0 Å². The van der Waals surface area contributed by atoms with E-state index in [9.17, 15) is 23.9 Å². The molecule has 1 heterocycles. The molecule has 0 radical (unpaired) electrons. The van der Waals surface area contributed by atoms with Crippen molar-refractivity contribution in [3.8, 4) is 28.5 Å². The third-order valence-electron chi connectivity index (χ3n) is 5.99. The first-order valence-electron chi connectivity index (χ1n) is 11.3. The molecule has 1 aliphatic rings. The minimum atomic E-state index is -1.08. The van der Waals surface area contributed by atoms with E-state index in [2.05, 4.69) is 15.6 Å². The summed E-state index contributed by atoms with van der Waals surface area (Å²) < 4.78 is 19.8. The van der Waals surface area contributed by atoms with Crippen LogP contribution in [0.3, 0.4) is 0 Å². The number of nitrogens with one attached hydrogen (secondary N) is 2. The summed E-state index contributed by atoms with van der Waals surface area (Å²) in [6, 6.07) is 12.1. The summed E-state index contributed by atoms with van der Waals surface area (Å²) in [6.07, 6.45) is 2.75. The Labute approximate surface area is 205 Å². The Balaban J connectivity index is 1.49. The molecule has 36 heavy (non-hydrogen) atoms. The van der Waals surface area contributed by atoms with Gasteiger partial charge in [0.15, 0.2) is 6.29 Å². The van der Waals surface area contributed by atoms with E-state index >= 15 is 0 Å². The third kappa shape index (κ3) is 5.96. The lowest BCUT2D eigenvalue weighted by molar-refractivity contribution is 0.0919. The van der Waals surface area contributed by atoms with Crippen molar-refractivity contribution in [1.82, 2.24) is 15.6 Å². The molecule has 1 aliphatic carbocycles. The normalized spacial score (nSPS) is 17.1. The standard InChI is InChI=1S/C26H24FN3O6/c27-18-12-22(24(33)29-19-6-8-20(9-7-19)30-26(34)35)25(28-13-18)36-21-3-1-2-15(10-21)16-4-5-17(14-31)23(32)11-16/h1-5,10-14,19-20,30,32H,6-9H2,(H,29,33)(H,34,35)/t19-,20-. The number of ether oxygens (including phenoxy) is 1. The molecular formula is C26H24FN3O6. The molecular weight excluding hydrogens is 469 g/mol. The van der Waals surface area contributed by atoms with Gasteiger partial charge in [-0.3, -0.25) is 9.59 Å². The fraction of sp³-hybridized carbons (Fsp3) is 0.231. The predicted octanol–water partition coefficient (Wildman–Crippen LogP) is 4.51. The van der Waals surface area contributed by atoms with E-state index in [0.717, 1.165) is 12.3 Å². The number of phenolic OH excluding ortho intramolecular Hbond substituents is 1. The molecule has 0 spiro atoms. The van der Waals surface area contributed by atoms with Gasteiger partial charge in [-0.1, -0.05) is 18.2 Å². The molecule has 4 N–H and O–H groups in total. The summed E-state index contributed by atoms with van der Waals surface area (Å²) >= 11 is 0. The first kappa shape index (κ1) is 24.6. The number of carbonyl (C=O) groups is 3. The largest absolute Gasteiger partial charge is 0.507 e. The molecule has 186 valence electrons. The number of halogens is 1. The highest BCUT2D eigenvalue weighted by atomic mass is 19.1. The van der Waals surface area contributed by atoms with Crippen LogP contribution in [0.1, 0.15) is 46.4 Å². The van der Waals surface area contributed by atoms with Crippen molar-refractivity contribution < 1.29 is 33.7 Å². The van der Waals surface area contributed by atoms with Gasteiger partial charge in [0.25, 0.3) is 5.91 Å². The Hall–Kier alpha value is -4.47. The van der Waals surface area contributed by atoms with Crippen LogP contribution < -0.4 is 15.4 Å². The van der Waals surface area contributed by atoms with E-state index in [4.69, 9.17) is 9.84 Å². The van der Waals surface area contributed by atoms with Crippen molar-refractivity contribution in [3.05, 3.63) is 71.7 Å². The monoisotopic (exact) mass is 493 g/mol. The van der Waals surface area contributed by atoms with E-state index in [1.54, 1.807) is 30.3 Å². The minimum Gasteiger partial charge on any atom is -0.507 e. The Morgan fingerprint density at radius 2 is 1.69 bits per heavy atom. The second-order valence-electron chi connectivity index (χ2n) is 8.50.